The largest absolute Gasteiger partial charge is 0.295 e. The molecule has 1 fully saturated rings. The maximum atomic E-state index is 2.40. The summed E-state index contributed by atoms with van der Waals surface area (Å²) in [6.07, 6.45) is 1.37. The summed E-state index contributed by atoms with van der Waals surface area (Å²) in [7, 11) is 2.19. The first-order valence-electron chi connectivity index (χ1n) is 3.12. The molecule has 0 amide bonds. The highest BCUT2D eigenvalue weighted by Gasteiger charge is 2.12. The summed E-state index contributed by atoms with van der Waals surface area (Å²) in [6, 6.07) is 0. The Balaban J connectivity index is 2.28. The molecule has 1 nitrogen and oxygen atoms in total. The molecular formula is C6H13NS. The summed E-state index contributed by atoms with van der Waals surface area (Å²) < 4.78 is 0. The molecule has 1 heterocycles. The van der Waals surface area contributed by atoms with Gasteiger partial charge in [-0.25, -0.2) is 0 Å². The van der Waals surface area contributed by atoms with Crippen LogP contribution in [0.1, 0.15) is 13.3 Å². The molecule has 48 valence electrons. The van der Waals surface area contributed by atoms with Crippen LogP contribution in [0.3, 0.4) is 0 Å². The lowest BCUT2D eigenvalue weighted by molar-refractivity contribution is 0.319. The van der Waals surface area contributed by atoms with E-state index in [1.165, 1.54) is 18.7 Å². The highest BCUT2D eigenvalue weighted by atomic mass is 32.2. The van der Waals surface area contributed by atoms with Crippen LogP contribution < -0.4 is 0 Å². The summed E-state index contributed by atoms with van der Waals surface area (Å²) in [5.41, 5.74) is 0. The molecule has 0 aromatic rings. The predicted molar refractivity (Wildman–Crippen MR) is 39.2 cm³/mol. The van der Waals surface area contributed by atoms with E-state index in [4.69, 9.17) is 0 Å². The van der Waals surface area contributed by atoms with Gasteiger partial charge in [-0.3, -0.25) is 4.90 Å². The van der Waals surface area contributed by atoms with E-state index in [2.05, 4.69) is 30.6 Å². The van der Waals surface area contributed by atoms with Crippen molar-refractivity contribution in [2.24, 2.45) is 0 Å². The van der Waals surface area contributed by atoms with Gasteiger partial charge in [-0.15, -0.1) is 11.8 Å². The average molecular weight is 131 g/mol. The molecule has 0 N–H and O–H groups in total. The molecule has 0 saturated carbocycles. The van der Waals surface area contributed by atoms with Gasteiger partial charge < -0.3 is 0 Å². The van der Waals surface area contributed by atoms with Gasteiger partial charge in [0.05, 0.1) is 5.37 Å². The van der Waals surface area contributed by atoms with Gasteiger partial charge in [-0.1, -0.05) is 0 Å². The molecule has 0 bridgehead atoms. The average Bonchev–Trinajstić information content (AvgIpc) is 1.77. The number of hydrogen-bond acceptors (Lipinski definition) is 2. The lowest BCUT2D eigenvalue weighted by Crippen LogP contribution is -2.31. The van der Waals surface area contributed by atoms with Gasteiger partial charge in [0.15, 0.2) is 0 Å². The fourth-order valence-corrected chi connectivity index (χ4v) is 1.87. The molecular weight excluding hydrogens is 118 g/mol. The maximum Gasteiger partial charge on any atom is 0.0526 e. The van der Waals surface area contributed by atoms with Crippen molar-refractivity contribution in [1.82, 2.24) is 4.90 Å². The van der Waals surface area contributed by atoms with Crippen molar-refractivity contribution in [1.29, 1.82) is 0 Å². The van der Waals surface area contributed by atoms with E-state index in [9.17, 15) is 0 Å². The molecule has 0 aromatic carbocycles. The van der Waals surface area contributed by atoms with Crippen molar-refractivity contribution in [2.45, 2.75) is 18.7 Å². The standard InChI is InChI=1S/C6H13NS/c1-6-7(2)4-3-5-8-6/h6H,3-5H2,1-2H3. The van der Waals surface area contributed by atoms with Crippen LogP contribution in [-0.4, -0.2) is 29.6 Å². The van der Waals surface area contributed by atoms with E-state index in [0.29, 0.717) is 0 Å². The van der Waals surface area contributed by atoms with Crippen molar-refractivity contribution >= 4 is 11.8 Å². The highest BCUT2D eigenvalue weighted by Crippen LogP contribution is 2.19. The van der Waals surface area contributed by atoms with Crippen LogP contribution in [-0.2, 0) is 0 Å². The Bertz CT molecular complexity index is 64.9. The minimum Gasteiger partial charge on any atom is -0.295 e. The fraction of sp³-hybridized carbons (Fsp3) is 1.00. The zero-order chi connectivity index (χ0) is 5.98. The topological polar surface area (TPSA) is 3.24 Å². The van der Waals surface area contributed by atoms with Crippen molar-refractivity contribution < 1.29 is 0 Å². The summed E-state index contributed by atoms with van der Waals surface area (Å²) in [4.78, 5) is 2.40. The van der Waals surface area contributed by atoms with Gasteiger partial charge >= 0.3 is 0 Å². The summed E-state index contributed by atoms with van der Waals surface area (Å²) in [6.45, 7) is 3.55. The van der Waals surface area contributed by atoms with Gasteiger partial charge in [0.25, 0.3) is 0 Å². The van der Waals surface area contributed by atoms with Crippen molar-refractivity contribution in [3.8, 4) is 0 Å². The molecule has 1 aliphatic rings. The molecule has 0 spiro atoms. The molecule has 0 aliphatic carbocycles. The van der Waals surface area contributed by atoms with Crippen molar-refractivity contribution in [3.05, 3.63) is 0 Å². The van der Waals surface area contributed by atoms with Gasteiger partial charge in [0.2, 0.25) is 0 Å². The molecule has 1 rings (SSSR count). The summed E-state index contributed by atoms with van der Waals surface area (Å²) in [5.74, 6) is 1.35. The third kappa shape index (κ3) is 1.39. The Morgan fingerprint density at radius 1 is 1.62 bits per heavy atom. The first kappa shape index (κ1) is 6.43. The van der Waals surface area contributed by atoms with E-state index in [-0.39, 0.29) is 0 Å². The predicted octanol–water partition coefficient (Wildman–Crippen LogP) is 1.40. The van der Waals surface area contributed by atoms with E-state index >= 15 is 0 Å². The van der Waals surface area contributed by atoms with Gasteiger partial charge in [-0.05, 0) is 32.7 Å². The van der Waals surface area contributed by atoms with Crippen LogP contribution in [0.5, 0.6) is 0 Å². The second-order valence-corrected chi connectivity index (χ2v) is 3.73. The van der Waals surface area contributed by atoms with Crippen molar-refractivity contribution in [2.75, 3.05) is 19.3 Å². The SMILES string of the molecule is CC1SCCCN1C. The molecule has 1 saturated heterocycles. The quantitative estimate of drug-likeness (QED) is 0.489. The number of hydrogen-bond donors (Lipinski definition) is 0. The minimum atomic E-state index is 0.753. The summed E-state index contributed by atoms with van der Waals surface area (Å²) in [5, 5.41) is 0.753. The normalized spacial score (nSPS) is 33.0. The fourth-order valence-electron chi connectivity index (χ4n) is 0.877. The van der Waals surface area contributed by atoms with Crippen LogP contribution in [0.25, 0.3) is 0 Å². The third-order valence-corrected chi connectivity index (χ3v) is 3.00. The highest BCUT2D eigenvalue weighted by molar-refractivity contribution is 7.99. The molecule has 0 aromatic heterocycles. The van der Waals surface area contributed by atoms with Crippen LogP contribution >= 0.6 is 11.8 Å². The van der Waals surface area contributed by atoms with Crippen molar-refractivity contribution in [3.63, 3.8) is 0 Å². The Morgan fingerprint density at radius 2 is 2.38 bits per heavy atom. The second-order valence-electron chi connectivity index (χ2n) is 2.30. The lowest BCUT2D eigenvalue weighted by atomic mass is 10.4. The molecule has 1 unspecified atom stereocenters. The smallest absolute Gasteiger partial charge is 0.0526 e. The summed E-state index contributed by atoms with van der Waals surface area (Å²) >= 11 is 2.05. The van der Waals surface area contributed by atoms with E-state index < -0.39 is 0 Å². The molecule has 1 atom stereocenters. The zero-order valence-corrected chi connectivity index (χ0v) is 6.37. The molecule has 8 heavy (non-hydrogen) atoms. The van der Waals surface area contributed by atoms with E-state index in [1.807, 2.05) is 0 Å². The Morgan fingerprint density at radius 3 is 2.75 bits per heavy atom. The lowest BCUT2D eigenvalue weighted by Gasteiger charge is -2.28. The maximum absolute atomic E-state index is 2.40. The first-order valence-corrected chi connectivity index (χ1v) is 4.17. The number of nitrogens with zero attached hydrogens (tertiary/aromatic N) is 1. The molecule has 2 heteroatoms. The van der Waals surface area contributed by atoms with Gasteiger partial charge in [0, 0.05) is 0 Å². The molecule has 1 aliphatic heterocycles. The van der Waals surface area contributed by atoms with Crippen LogP contribution in [0.2, 0.25) is 0 Å². The van der Waals surface area contributed by atoms with Gasteiger partial charge in [-0.2, -0.15) is 0 Å². The first-order chi connectivity index (χ1) is 3.80. The Labute approximate surface area is 55.4 Å². The van der Waals surface area contributed by atoms with Crippen LogP contribution in [0, 0.1) is 0 Å². The zero-order valence-electron chi connectivity index (χ0n) is 5.55. The monoisotopic (exact) mass is 131 g/mol. The van der Waals surface area contributed by atoms with E-state index in [0.717, 1.165) is 5.37 Å². The number of rotatable bonds is 0. The number of thioether (sulfide) groups is 1. The Kier molecular flexibility index (Phi) is 2.20. The Hall–Kier alpha value is 0.310. The third-order valence-electron chi connectivity index (χ3n) is 1.63. The minimum absolute atomic E-state index is 0.753. The second kappa shape index (κ2) is 2.74. The van der Waals surface area contributed by atoms with E-state index in [1.54, 1.807) is 0 Å². The van der Waals surface area contributed by atoms with Gasteiger partial charge in [0.1, 0.15) is 0 Å². The van der Waals surface area contributed by atoms with Crippen LogP contribution in [0.4, 0.5) is 0 Å². The molecule has 0 radical (unpaired) electrons. The van der Waals surface area contributed by atoms with Crippen LogP contribution in [0.15, 0.2) is 0 Å².